The van der Waals surface area contributed by atoms with Gasteiger partial charge in [-0.05, 0) is 60.4 Å². The second kappa shape index (κ2) is 8.95. The van der Waals surface area contributed by atoms with Crippen LogP contribution in [0.25, 0.3) is 11.0 Å². The van der Waals surface area contributed by atoms with Crippen LogP contribution in [-0.2, 0) is 12.8 Å². The Hall–Kier alpha value is -3.40. The largest absolute Gasteiger partial charge is 0.339 e. The molecule has 30 heavy (non-hydrogen) atoms. The molecule has 4 rings (SSSR count). The van der Waals surface area contributed by atoms with Crippen molar-refractivity contribution in [2.45, 2.75) is 39.5 Å². The maximum atomic E-state index is 13.8. The standard InChI is InChI=1S/C26H27N3O/c1-3-9-20-11-7-13-22(17-20)29(23-14-8-12-21(18-23)10-4-2)26(30)28-19-27-24-15-5-6-16-25(24)28/h5-8,11-19H,3-4,9-10H2,1-2H3. The molecule has 0 aliphatic rings. The Morgan fingerprint density at radius 3 is 2.03 bits per heavy atom. The predicted octanol–water partition coefficient (Wildman–Crippen LogP) is 6.75. The predicted molar refractivity (Wildman–Crippen MR) is 124 cm³/mol. The lowest BCUT2D eigenvalue weighted by Crippen LogP contribution is -2.30. The van der Waals surface area contributed by atoms with E-state index in [9.17, 15) is 4.79 Å². The van der Waals surface area contributed by atoms with Gasteiger partial charge in [0.25, 0.3) is 0 Å². The van der Waals surface area contributed by atoms with Gasteiger partial charge in [0.05, 0.1) is 22.4 Å². The van der Waals surface area contributed by atoms with Gasteiger partial charge in [-0.15, -0.1) is 0 Å². The third-order valence-electron chi connectivity index (χ3n) is 5.27. The number of hydrogen-bond donors (Lipinski definition) is 0. The van der Waals surface area contributed by atoms with Gasteiger partial charge in [0.15, 0.2) is 0 Å². The van der Waals surface area contributed by atoms with Crippen molar-refractivity contribution in [2.24, 2.45) is 0 Å². The van der Waals surface area contributed by atoms with E-state index in [2.05, 4.69) is 43.1 Å². The highest BCUT2D eigenvalue weighted by Gasteiger charge is 2.22. The number of amides is 1. The first-order chi connectivity index (χ1) is 14.7. The lowest BCUT2D eigenvalue weighted by molar-refractivity contribution is 0.250. The van der Waals surface area contributed by atoms with Gasteiger partial charge in [-0.25, -0.2) is 14.3 Å². The minimum atomic E-state index is -0.133. The highest BCUT2D eigenvalue weighted by atomic mass is 16.2. The van der Waals surface area contributed by atoms with Gasteiger partial charge >= 0.3 is 6.03 Å². The molecule has 0 aliphatic heterocycles. The third-order valence-corrected chi connectivity index (χ3v) is 5.27. The van der Waals surface area contributed by atoms with E-state index in [4.69, 9.17) is 0 Å². The minimum Gasteiger partial charge on any atom is -0.262 e. The van der Waals surface area contributed by atoms with E-state index < -0.39 is 0 Å². The zero-order valence-electron chi connectivity index (χ0n) is 17.6. The average molecular weight is 398 g/mol. The molecule has 0 saturated heterocycles. The fourth-order valence-corrected chi connectivity index (χ4v) is 3.87. The SMILES string of the molecule is CCCc1cccc(N(C(=O)n2cnc3ccccc32)c2cccc(CCC)c2)c1. The number of hydrogen-bond acceptors (Lipinski definition) is 2. The summed E-state index contributed by atoms with van der Waals surface area (Å²) in [6.07, 6.45) is 5.72. The Bertz CT molecular complexity index is 1110. The van der Waals surface area contributed by atoms with E-state index >= 15 is 0 Å². The molecular weight excluding hydrogens is 370 g/mol. The second-order valence-electron chi connectivity index (χ2n) is 7.56. The molecule has 152 valence electrons. The number of imidazole rings is 1. The van der Waals surface area contributed by atoms with Crippen LogP contribution in [0.4, 0.5) is 16.2 Å². The van der Waals surface area contributed by atoms with Crippen LogP contribution in [0.3, 0.4) is 0 Å². The number of carbonyl (C=O) groups is 1. The minimum absolute atomic E-state index is 0.133. The molecule has 0 radical (unpaired) electrons. The van der Waals surface area contributed by atoms with E-state index in [-0.39, 0.29) is 6.03 Å². The summed E-state index contributed by atoms with van der Waals surface area (Å²) < 4.78 is 1.63. The van der Waals surface area contributed by atoms with Gasteiger partial charge in [-0.2, -0.15) is 0 Å². The fourth-order valence-electron chi connectivity index (χ4n) is 3.87. The van der Waals surface area contributed by atoms with Crippen LogP contribution in [-0.4, -0.2) is 15.6 Å². The number of aryl methyl sites for hydroxylation is 2. The quantitative estimate of drug-likeness (QED) is 0.361. The summed E-state index contributed by atoms with van der Waals surface area (Å²) in [5.41, 5.74) is 5.82. The van der Waals surface area contributed by atoms with Crippen LogP contribution in [0.15, 0.2) is 79.1 Å². The third kappa shape index (κ3) is 3.99. The second-order valence-corrected chi connectivity index (χ2v) is 7.56. The number of fused-ring (bicyclic) bond motifs is 1. The van der Waals surface area contributed by atoms with E-state index in [0.717, 1.165) is 48.1 Å². The molecule has 0 spiro atoms. The van der Waals surface area contributed by atoms with Crippen molar-refractivity contribution in [3.63, 3.8) is 0 Å². The summed E-state index contributed by atoms with van der Waals surface area (Å²) >= 11 is 0. The van der Waals surface area contributed by atoms with Gasteiger partial charge in [0, 0.05) is 0 Å². The molecule has 4 aromatic rings. The van der Waals surface area contributed by atoms with Crippen molar-refractivity contribution >= 4 is 28.4 Å². The molecular formula is C26H27N3O. The van der Waals surface area contributed by atoms with E-state index in [1.165, 1.54) is 11.1 Å². The summed E-state index contributed by atoms with van der Waals surface area (Å²) in [4.78, 5) is 20.0. The first-order valence-corrected chi connectivity index (χ1v) is 10.7. The Kier molecular flexibility index (Phi) is 5.94. The molecule has 4 nitrogen and oxygen atoms in total. The number of nitrogens with zero attached hydrogens (tertiary/aromatic N) is 3. The molecule has 0 N–H and O–H groups in total. The first kappa shape index (κ1) is 19.9. The first-order valence-electron chi connectivity index (χ1n) is 10.7. The van der Waals surface area contributed by atoms with Crippen LogP contribution in [0.5, 0.6) is 0 Å². The molecule has 0 fully saturated rings. The average Bonchev–Trinajstić information content (AvgIpc) is 3.19. The van der Waals surface area contributed by atoms with E-state index in [1.807, 2.05) is 48.5 Å². The van der Waals surface area contributed by atoms with Gasteiger partial charge in [0.2, 0.25) is 0 Å². The molecule has 4 heteroatoms. The maximum Gasteiger partial charge on any atom is 0.339 e. The van der Waals surface area contributed by atoms with Crippen LogP contribution in [0.2, 0.25) is 0 Å². The molecule has 0 unspecified atom stereocenters. The fraction of sp³-hybridized carbons (Fsp3) is 0.231. The Labute approximate surface area is 177 Å². The van der Waals surface area contributed by atoms with E-state index in [1.54, 1.807) is 15.8 Å². The maximum absolute atomic E-state index is 13.8. The molecule has 0 aliphatic carbocycles. The molecule has 1 amide bonds. The molecule has 0 saturated carbocycles. The number of benzene rings is 3. The van der Waals surface area contributed by atoms with Crippen molar-refractivity contribution in [1.29, 1.82) is 0 Å². The highest BCUT2D eigenvalue weighted by molar-refractivity contribution is 6.04. The van der Waals surface area contributed by atoms with Crippen LogP contribution < -0.4 is 4.90 Å². The zero-order valence-corrected chi connectivity index (χ0v) is 17.6. The van der Waals surface area contributed by atoms with E-state index in [0.29, 0.717) is 0 Å². The van der Waals surface area contributed by atoms with Crippen molar-refractivity contribution < 1.29 is 4.79 Å². The molecule has 0 bridgehead atoms. The summed E-state index contributed by atoms with van der Waals surface area (Å²) in [6.45, 7) is 4.34. The van der Waals surface area contributed by atoms with Gasteiger partial charge in [0.1, 0.15) is 6.33 Å². The van der Waals surface area contributed by atoms with Crippen molar-refractivity contribution in [2.75, 3.05) is 4.90 Å². The monoisotopic (exact) mass is 397 g/mol. The van der Waals surface area contributed by atoms with Gasteiger partial charge < -0.3 is 0 Å². The normalized spacial score (nSPS) is 11.0. The molecule has 1 heterocycles. The van der Waals surface area contributed by atoms with Crippen molar-refractivity contribution in [1.82, 2.24) is 9.55 Å². The Morgan fingerprint density at radius 2 is 1.43 bits per heavy atom. The number of aromatic nitrogens is 2. The van der Waals surface area contributed by atoms with Gasteiger partial charge in [-0.1, -0.05) is 63.1 Å². The summed E-state index contributed by atoms with van der Waals surface area (Å²) in [5.74, 6) is 0. The highest BCUT2D eigenvalue weighted by Crippen LogP contribution is 2.29. The van der Waals surface area contributed by atoms with Crippen molar-refractivity contribution in [3.8, 4) is 0 Å². The van der Waals surface area contributed by atoms with Gasteiger partial charge in [-0.3, -0.25) is 4.90 Å². The van der Waals surface area contributed by atoms with Crippen LogP contribution in [0.1, 0.15) is 37.8 Å². The lowest BCUT2D eigenvalue weighted by atomic mass is 10.1. The summed E-state index contributed by atoms with van der Waals surface area (Å²) in [6, 6.07) is 24.1. The van der Waals surface area contributed by atoms with Crippen LogP contribution in [0, 0.1) is 0 Å². The van der Waals surface area contributed by atoms with Crippen LogP contribution >= 0.6 is 0 Å². The number of para-hydroxylation sites is 2. The lowest BCUT2D eigenvalue weighted by Gasteiger charge is -2.24. The number of rotatable bonds is 6. The number of carbonyl (C=O) groups excluding carboxylic acids is 1. The Balaban J connectivity index is 1.84. The molecule has 3 aromatic carbocycles. The number of anilines is 2. The molecule has 0 atom stereocenters. The Morgan fingerprint density at radius 1 is 0.833 bits per heavy atom. The topological polar surface area (TPSA) is 38.1 Å². The summed E-state index contributed by atoms with van der Waals surface area (Å²) in [7, 11) is 0. The molecule has 1 aromatic heterocycles. The zero-order chi connectivity index (χ0) is 20.9. The summed E-state index contributed by atoms with van der Waals surface area (Å²) in [5, 5.41) is 0. The van der Waals surface area contributed by atoms with Crippen molar-refractivity contribution in [3.05, 3.63) is 90.3 Å². The smallest absolute Gasteiger partial charge is 0.262 e.